The van der Waals surface area contributed by atoms with E-state index in [2.05, 4.69) is 6.92 Å². The number of hydrogen-bond donors (Lipinski definition) is 5. The van der Waals surface area contributed by atoms with Gasteiger partial charge in [0.15, 0.2) is 6.10 Å². The predicted molar refractivity (Wildman–Crippen MR) is 89.3 cm³/mol. The van der Waals surface area contributed by atoms with Crippen LogP contribution in [0.2, 0.25) is 0 Å². The minimum absolute atomic E-state index is 0.144. The van der Waals surface area contributed by atoms with Gasteiger partial charge >= 0.3 is 5.97 Å². The molecule has 144 valence electrons. The van der Waals surface area contributed by atoms with Gasteiger partial charge in [0.1, 0.15) is 18.3 Å². The average molecular weight is 350 g/mol. The summed E-state index contributed by atoms with van der Waals surface area (Å²) in [5.74, 6) is -0.609. The number of unbranched alkanes of at least 4 members (excludes halogenated alkanes) is 7. The van der Waals surface area contributed by atoms with Gasteiger partial charge in [0.05, 0.1) is 13.2 Å². The maximum Gasteiger partial charge on any atom is 0.306 e. The number of ether oxygens (including phenoxy) is 1. The van der Waals surface area contributed by atoms with Crippen LogP contribution in [0.15, 0.2) is 0 Å². The Morgan fingerprint density at radius 2 is 1.33 bits per heavy atom. The van der Waals surface area contributed by atoms with Crippen LogP contribution in [0.1, 0.15) is 64.7 Å². The van der Waals surface area contributed by atoms with E-state index in [0.29, 0.717) is 6.42 Å². The molecule has 0 saturated carbocycles. The summed E-state index contributed by atoms with van der Waals surface area (Å²) in [4.78, 5) is 11.8. The van der Waals surface area contributed by atoms with Crippen LogP contribution in [0, 0.1) is 0 Å². The minimum atomic E-state index is -1.67. The Bertz CT molecular complexity index is 311. The molecule has 4 atom stereocenters. The second kappa shape index (κ2) is 14.6. The monoisotopic (exact) mass is 350 g/mol. The van der Waals surface area contributed by atoms with Crippen LogP contribution in [-0.2, 0) is 9.53 Å². The van der Waals surface area contributed by atoms with Crippen molar-refractivity contribution in [2.75, 3.05) is 13.2 Å². The van der Waals surface area contributed by atoms with Crippen molar-refractivity contribution in [3.63, 3.8) is 0 Å². The van der Waals surface area contributed by atoms with Gasteiger partial charge in [0.25, 0.3) is 0 Å². The lowest BCUT2D eigenvalue weighted by molar-refractivity contribution is -0.177. The first-order chi connectivity index (χ1) is 11.5. The molecule has 0 bridgehead atoms. The van der Waals surface area contributed by atoms with Crippen LogP contribution in [0.5, 0.6) is 0 Å². The molecule has 0 fully saturated rings. The van der Waals surface area contributed by atoms with E-state index < -0.39 is 43.6 Å². The van der Waals surface area contributed by atoms with Gasteiger partial charge in [0.2, 0.25) is 0 Å². The largest absolute Gasteiger partial charge is 0.457 e. The molecule has 0 heterocycles. The zero-order valence-corrected chi connectivity index (χ0v) is 14.6. The normalized spacial score (nSPS) is 16.4. The summed E-state index contributed by atoms with van der Waals surface area (Å²) < 4.78 is 4.98. The van der Waals surface area contributed by atoms with Gasteiger partial charge < -0.3 is 30.3 Å². The summed E-state index contributed by atoms with van der Waals surface area (Å²) in [5.41, 5.74) is 0. The first-order valence-electron chi connectivity index (χ1n) is 8.93. The van der Waals surface area contributed by atoms with Crippen molar-refractivity contribution in [2.24, 2.45) is 0 Å². The van der Waals surface area contributed by atoms with Crippen LogP contribution < -0.4 is 0 Å². The molecule has 0 spiro atoms. The summed E-state index contributed by atoms with van der Waals surface area (Å²) in [7, 11) is 0. The number of aliphatic hydroxyl groups is 5. The van der Waals surface area contributed by atoms with Gasteiger partial charge in [-0.15, -0.1) is 0 Å². The average Bonchev–Trinajstić information content (AvgIpc) is 2.59. The van der Waals surface area contributed by atoms with Gasteiger partial charge in [-0.25, -0.2) is 0 Å². The summed E-state index contributed by atoms with van der Waals surface area (Å²) in [5, 5.41) is 46.6. The van der Waals surface area contributed by atoms with E-state index in [1.165, 1.54) is 25.7 Å². The standard InChI is InChI=1S/C17H34O7/c1-2-3-4-5-6-7-8-9-10-15(22)24-17(14(21)12-19)16(23)13(20)11-18/h13-14,16-21,23H,2-12H2,1H3/t13-,14-,16-,17-/m0/s1. The number of carbonyl (C=O) groups excluding carboxylic acids is 1. The molecule has 0 aromatic rings. The SMILES string of the molecule is CCCCCCCCCCC(=O)O[C@H]([C@@H](O)[C@@H](O)CO)[C@@H](O)CO. The van der Waals surface area contributed by atoms with Gasteiger partial charge in [-0.2, -0.15) is 0 Å². The summed E-state index contributed by atoms with van der Waals surface area (Å²) in [6.07, 6.45) is 2.56. The van der Waals surface area contributed by atoms with Crippen molar-refractivity contribution in [2.45, 2.75) is 89.1 Å². The van der Waals surface area contributed by atoms with Gasteiger partial charge in [-0.05, 0) is 6.42 Å². The molecule has 0 amide bonds. The molecule has 0 rings (SSSR count). The lowest BCUT2D eigenvalue weighted by Crippen LogP contribution is -2.49. The Labute approximate surface area is 144 Å². The van der Waals surface area contributed by atoms with E-state index in [1.807, 2.05) is 0 Å². The Kier molecular flexibility index (Phi) is 14.2. The van der Waals surface area contributed by atoms with Crippen molar-refractivity contribution in [3.05, 3.63) is 0 Å². The highest BCUT2D eigenvalue weighted by molar-refractivity contribution is 5.69. The van der Waals surface area contributed by atoms with E-state index in [-0.39, 0.29) is 6.42 Å². The van der Waals surface area contributed by atoms with Gasteiger partial charge in [0, 0.05) is 6.42 Å². The number of esters is 1. The lowest BCUT2D eigenvalue weighted by Gasteiger charge is -2.28. The van der Waals surface area contributed by atoms with Gasteiger partial charge in [-0.3, -0.25) is 4.79 Å². The molecule has 7 heteroatoms. The van der Waals surface area contributed by atoms with Crippen LogP contribution in [0.25, 0.3) is 0 Å². The van der Waals surface area contributed by atoms with E-state index in [9.17, 15) is 20.1 Å². The Morgan fingerprint density at radius 1 is 0.833 bits per heavy atom. The summed E-state index contributed by atoms with van der Waals surface area (Å²) in [6, 6.07) is 0. The third-order valence-electron chi connectivity index (χ3n) is 3.99. The third kappa shape index (κ3) is 10.2. The molecule has 0 aromatic carbocycles. The van der Waals surface area contributed by atoms with Crippen LogP contribution in [0.4, 0.5) is 0 Å². The first kappa shape index (κ1) is 23.3. The predicted octanol–water partition coefficient (Wildman–Crippen LogP) is 0.496. The molecule has 0 aliphatic carbocycles. The zero-order chi connectivity index (χ0) is 18.4. The molecule has 7 nitrogen and oxygen atoms in total. The van der Waals surface area contributed by atoms with Crippen LogP contribution in [-0.4, -0.2) is 69.1 Å². The molecule has 24 heavy (non-hydrogen) atoms. The van der Waals surface area contributed by atoms with Crippen molar-refractivity contribution >= 4 is 5.97 Å². The third-order valence-corrected chi connectivity index (χ3v) is 3.99. The second-order valence-corrected chi connectivity index (χ2v) is 6.17. The molecular formula is C17H34O7. The molecule has 0 saturated heterocycles. The van der Waals surface area contributed by atoms with Crippen molar-refractivity contribution in [1.29, 1.82) is 0 Å². The number of hydrogen-bond acceptors (Lipinski definition) is 7. The summed E-state index contributed by atoms with van der Waals surface area (Å²) >= 11 is 0. The maximum absolute atomic E-state index is 11.8. The molecule has 0 aromatic heterocycles. The molecule has 0 radical (unpaired) electrons. The number of rotatable bonds is 15. The van der Waals surface area contributed by atoms with Gasteiger partial charge in [-0.1, -0.05) is 51.9 Å². The first-order valence-corrected chi connectivity index (χ1v) is 8.93. The van der Waals surface area contributed by atoms with E-state index in [0.717, 1.165) is 19.3 Å². The highest BCUT2D eigenvalue weighted by Crippen LogP contribution is 2.13. The molecule has 0 unspecified atom stereocenters. The number of aliphatic hydroxyl groups excluding tert-OH is 5. The van der Waals surface area contributed by atoms with Crippen molar-refractivity contribution < 1.29 is 35.1 Å². The second-order valence-electron chi connectivity index (χ2n) is 6.17. The van der Waals surface area contributed by atoms with E-state index in [4.69, 9.17) is 14.9 Å². The Balaban J connectivity index is 4.06. The minimum Gasteiger partial charge on any atom is -0.457 e. The Hall–Kier alpha value is -0.730. The van der Waals surface area contributed by atoms with Crippen LogP contribution in [0.3, 0.4) is 0 Å². The van der Waals surface area contributed by atoms with E-state index >= 15 is 0 Å². The number of carbonyl (C=O) groups is 1. The smallest absolute Gasteiger partial charge is 0.306 e. The molecule has 5 N–H and O–H groups in total. The maximum atomic E-state index is 11.8. The van der Waals surface area contributed by atoms with Crippen LogP contribution >= 0.6 is 0 Å². The highest BCUT2D eigenvalue weighted by atomic mass is 16.6. The summed E-state index contributed by atoms with van der Waals surface area (Å²) in [6.45, 7) is 0.694. The molecular weight excluding hydrogens is 316 g/mol. The fourth-order valence-corrected chi connectivity index (χ4v) is 2.42. The quantitative estimate of drug-likeness (QED) is 0.215. The molecule has 0 aliphatic rings. The van der Waals surface area contributed by atoms with Crippen molar-refractivity contribution in [1.82, 2.24) is 0 Å². The highest BCUT2D eigenvalue weighted by Gasteiger charge is 2.34. The van der Waals surface area contributed by atoms with Crippen molar-refractivity contribution in [3.8, 4) is 0 Å². The fraction of sp³-hybridized carbons (Fsp3) is 0.941. The lowest BCUT2D eigenvalue weighted by atomic mass is 10.0. The topological polar surface area (TPSA) is 127 Å². The molecule has 0 aliphatic heterocycles. The van der Waals surface area contributed by atoms with E-state index in [1.54, 1.807) is 0 Å². The Morgan fingerprint density at radius 3 is 1.83 bits per heavy atom. The fourth-order valence-electron chi connectivity index (χ4n) is 2.42. The zero-order valence-electron chi connectivity index (χ0n) is 14.6.